The molecule has 1 amide bonds. The Balaban J connectivity index is 2.88. The molecule has 0 aromatic heterocycles. The second kappa shape index (κ2) is 5.02. The van der Waals surface area contributed by atoms with Crippen molar-refractivity contribution in [1.82, 2.24) is 5.32 Å². The van der Waals surface area contributed by atoms with Crippen LogP contribution in [0.2, 0.25) is 0 Å². The van der Waals surface area contributed by atoms with E-state index in [1.54, 1.807) is 0 Å². The molecule has 1 aromatic carbocycles. The number of sulfonamides is 1. The Bertz CT molecular complexity index is 527. The van der Waals surface area contributed by atoms with Gasteiger partial charge in [-0.2, -0.15) is 0 Å². The van der Waals surface area contributed by atoms with Crippen LogP contribution in [0.15, 0.2) is 23.1 Å². The van der Waals surface area contributed by atoms with Gasteiger partial charge in [-0.3, -0.25) is 4.79 Å². The predicted molar refractivity (Wildman–Crippen MR) is 64.8 cm³/mol. The van der Waals surface area contributed by atoms with Gasteiger partial charge >= 0.3 is 0 Å². The summed E-state index contributed by atoms with van der Waals surface area (Å²) in [6, 6.07) is 4.01. The van der Waals surface area contributed by atoms with Crippen molar-refractivity contribution in [3.63, 3.8) is 0 Å². The van der Waals surface area contributed by atoms with Crippen LogP contribution >= 0.6 is 0 Å². The van der Waals surface area contributed by atoms with Crippen LogP contribution in [0.4, 0.5) is 11.4 Å². The minimum absolute atomic E-state index is 0.0510. The van der Waals surface area contributed by atoms with E-state index in [1.165, 1.54) is 25.2 Å². The third-order valence-corrected chi connectivity index (χ3v) is 2.98. The Kier molecular flexibility index (Phi) is 3.92. The summed E-state index contributed by atoms with van der Waals surface area (Å²) in [5, 5.41) is 10.2. The zero-order valence-corrected chi connectivity index (χ0v) is 10.0. The summed E-state index contributed by atoms with van der Waals surface area (Å²) >= 11 is 0. The van der Waals surface area contributed by atoms with Crippen molar-refractivity contribution in [2.75, 3.05) is 24.6 Å². The fraction of sp³-hybridized carbons (Fsp3) is 0.222. The molecule has 0 saturated carbocycles. The Labute approximate surface area is 99.2 Å². The summed E-state index contributed by atoms with van der Waals surface area (Å²) in [5.74, 6) is -0.208. The van der Waals surface area contributed by atoms with E-state index in [0.29, 0.717) is 5.69 Å². The summed E-state index contributed by atoms with van der Waals surface area (Å²) in [4.78, 5) is 10.9. The van der Waals surface area contributed by atoms with Crippen LogP contribution in [0.5, 0.6) is 0 Å². The fourth-order valence-electron chi connectivity index (χ4n) is 1.14. The van der Waals surface area contributed by atoms with Crippen LogP contribution < -0.4 is 21.5 Å². The number of hydrogen-bond donors (Lipinski definition) is 4. The molecule has 1 aromatic rings. The molecule has 0 unspecified atom stereocenters. The zero-order valence-electron chi connectivity index (χ0n) is 9.23. The van der Waals surface area contributed by atoms with E-state index in [4.69, 9.17) is 10.9 Å². The number of amides is 1. The molecule has 0 spiro atoms. The minimum Gasteiger partial charge on any atom is -0.397 e. The first-order valence-electron chi connectivity index (χ1n) is 4.71. The Morgan fingerprint density at radius 2 is 2.06 bits per heavy atom. The molecule has 0 atom stereocenters. The van der Waals surface area contributed by atoms with Gasteiger partial charge < -0.3 is 16.4 Å². The van der Waals surface area contributed by atoms with Crippen LogP contribution in [0, 0.1) is 0 Å². The number of nitrogens with two attached hydrogens (primary N) is 2. The first kappa shape index (κ1) is 13.3. The van der Waals surface area contributed by atoms with E-state index in [-0.39, 0.29) is 23.0 Å². The van der Waals surface area contributed by atoms with Gasteiger partial charge in [0.05, 0.1) is 22.8 Å². The lowest BCUT2D eigenvalue weighted by atomic mass is 10.2. The number of nitrogens with one attached hydrogen (secondary N) is 2. The molecule has 0 bridgehead atoms. The number of carbonyl (C=O) groups is 1. The van der Waals surface area contributed by atoms with Crippen molar-refractivity contribution in [2.45, 2.75) is 4.90 Å². The molecule has 0 aliphatic carbocycles. The molecule has 1 rings (SSSR count). The van der Waals surface area contributed by atoms with Crippen molar-refractivity contribution < 1.29 is 13.2 Å². The highest BCUT2D eigenvalue weighted by atomic mass is 32.2. The topological polar surface area (TPSA) is 127 Å². The Morgan fingerprint density at radius 3 is 2.53 bits per heavy atom. The van der Waals surface area contributed by atoms with Gasteiger partial charge in [-0.05, 0) is 18.2 Å². The summed E-state index contributed by atoms with van der Waals surface area (Å²) in [5.41, 5.74) is 6.31. The highest BCUT2D eigenvalue weighted by Gasteiger charge is 2.10. The average molecular weight is 258 g/mol. The standard InChI is InChI=1S/C9H14N4O3S/c1-12-9(14)5-13-8-3-2-6(4-7(8)10)17(11,15)16/h2-4,13H,5,10H2,1H3,(H,12,14)(H2,11,15,16). The van der Waals surface area contributed by atoms with Crippen LogP contribution in [-0.4, -0.2) is 27.9 Å². The van der Waals surface area contributed by atoms with E-state index in [1.807, 2.05) is 0 Å². The lowest BCUT2D eigenvalue weighted by Gasteiger charge is -2.09. The van der Waals surface area contributed by atoms with Crippen molar-refractivity contribution in [3.05, 3.63) is 18.2 Å². The van der Waals surface area contributed by atoms with E-state index in [0.717, 1.165) is 0 Å². The first-order valence-corrected chi connectivity index (χ1v) is 6.26. The lowest BCUT2D eigenvalue weighted by molar-refractivity contribution is -0.118. The SMILES string of the molecule is CNC(=O)CNc1ccc(S(N)(=O)=O)cc1N. The summed E-state index contributed by atoms with van der Waals surface area (Å²) < 4.78 is 22.1. The van der Waals surface area contributed by atoms with Crippen molar-refractivity contribution in [2.24, 2.45) is 5.14 Å². The zero-order chi connectivity index (χ0) is 13.1. The normalized spacial score (nSPS) is 10.9. The van der Waals surface area contributed by atoms with Crippen LogP contribution in [0.25, 0.3) is 0 Å². The van der Waals surface area contributed by atoms with Gasteiger partial charge in [0.1, 0.15) is 0 Å². The number of anilines is 2. The Hall–Kier alpha value is -1.80. The number of likely N-dealkylation sites (N-methyl/N-ethyl adjacent to an activating group) is 1. The molecule has 7 nitrogen and oxygen atoms in total. The maximum absolute atomic E-state index is 11.0. The third kappa shape index (κ3) is 3.61. The second-order valence-corrected chi connectivity index (χ2v) is 4.88. The molecule has 0 aliphatic rings. The number of hydrogen-bond acceptors (Lipinski definition) is 5. The summed E-state index contributed by atoms with van der Waals surface area (Å²) in [6.45, 7) is 0.0510. The van der Waals surface area contributed by atoms with Gasteiger partial charge in [0.2, 0.25) is 15.9 Å². The number of nitrogen functional groups attached to an aromatic ring is 1. The van der Waals surface area contributed by atoms with Gasteiger partial charge in [-0.1, -0.05) is 0 Å². The fourth-order valence-corrected chi connectivity index (χ4v) is 1.69. The smallest absolute Gasteiger partial charge is 0.239 e. The van der Waals surface area contributed by atoms with E-state index in [9.17, 15) is 13.2 Å². The lowest BCUT2D eigenvalue weighted by Crippen LogP contribution is -2.26. The molecule has 0 fully saturated rings. The Morgan fingerprint density at radius 1 is 1.41 bits per heavy atom. The number of carbonyl (C=O) groups excluding carboxylic acids is 1. The van der Waals surface area contributed by atoms with E-state index < -0.39 is 10.0 Å². The van der Waals surface area contributed by atoms with Gasteiger partial charge in [-0.25, -0.2) is 13.6 Å². The minimum atomic E-state index is -3.77. The largest absolute Gasteiger partial charge is 0.397 e. The molecule has 17 heavy (non-hydrogen) atoms. The monoisotopic (exact) mass is 258 g/mol. The number of primary sulfonamides is 1. The molecule has 8 heteroatoms. The molecule has 0 aliphatic heterocycles. The first-order chi connectivity index (χ1) is 7.84. The van der Waals surface area contributed by atoms with Gasteiger partial charge in [0.15, 0.2) is 0 Å². The quantitative estimate of drug-likeness (QED) is 0.519. The van der Waals surface area contributed by atoms with Crippen LogP contribution in [0.1, 0.15) is 0 Å². The van der Waals surface area contributed by atoms with E-state index >= 15 is 0 Å². The van der Waals surface area contributed by atoms with Crippen LogP contribution in [0.3, 0.4) is 0 Å². The number of rotatable bonds is 4. The van der Waals surface area contributed by atoms with Gasteiger partial charge in [0.25, 0.3) is 0 Å². The maximum atomic E-state index is 11.0. The third-order valence-electron chi connectivity index (χ3n) is 2.07. The van der Waals surface area contributed by atoms with Crippen molar-refractivity contribution >= 4 is 27.3 Å². The van der Waals surface area contributed by atoms with Gasteiger partial charge in [0, 0.05) is 7.05 Å². The molecule has 0 radical (unpaired) electrons. The highest BCUT2D eigenvalue weighted by Crippen LogP contribution is 2.21. The molecular weight excluding hydrogens is 244 g/mol. The molecule has 0 saturated heterocycles. The number of benzene rings is 1. The molecule has 0 heterocycles. The van der Waals surface area contributed by atoms with Crippen molar-refractivity contribution in [1.29, 1.82) is 0 Å². The summed E-state index contributed by atoms with van der Waals surface area (Å²) in [6.07, 6.45) is 0. The summed E-state index contributed by atoms with van der Waals surface area (Å²) in [7, 11) is -2.25. The molecular formula is C9H14N4O3S. The van der Waals surface area contributed by atoms with Crippen molar-refractivity contribution in [3.8, 4) is 0 Å². The maximum Gasteiger partial charge on any atom is 0.239 e. The van der Waals surface area contributed by atoms with Gasteiger partial charge in [-0.15, -0.1) is 0 Å². The molecule has 94 valence electrons. The van der Waals surface area contributed by atoms with E-state index in [2.05, 4.69) is 10.6 Å². The second-order valence-electron chi connectivity index (χ2n) is 3.32. The average Bonchev–Trinajstić information content (AvgIpc) is 2.25. The molecule has 6 N–H and O–H groups in total. The van der Waals surface area contributed by atoms with Crippen LogP contribution in [-0.2, 0) is 14.8 Å². The highest BCUT2D eigenvalue weighted by molar-refractivity contribution is 7.89. The predicted octanol–water partition coefficient (Wildman–Crippen LogP) is -0.926.